The van der Waals surface area contributed by atoms with E-state index in [0.29, 0.717) is 18.4 Å². The van der Waals surface area contributed by atoms with Crippen LogP contribution in [0.15, 0.2) is 23.0 Å². The summed E-state index contributed by atoms with van der Waals surface area (Å²) in [5.74, 6) is 6.10. The van der Waals surface area contributed by atoms with Crippen LogP contribution >= 0.6 is 0 Å². The molecule has 1 unspecified atom stereocenters. The fourth-order valence-electron chi connectivity index (χ4n) is 3.47. The van der Waals surface area contributed by atoms with Gasteiger partial charge in [-0.3, -0.25) is 14.5 Å². The molecular weight excluding hydrogens is 354 g/mol. The predicted octanol–water partition coefficient (Wildman–Crippen LogP) is 1.11. The van der Waals surface area contributed by atoms with Crippen LogP contribution in [0.25, 0.3) is 10.8 Å². The van der Waals surface area contributed by atoms with E-state index in [0.717, 1.165) is 42.8 Å². The predicted molar refractivity (Wildman–Crippen MR) is 110 cm³/mol. The van der Waals surface area contributed by atoms with Crippen molar-refractivity contribution < 1.29 is 4.79 Å². The number of hydrogen-bond acceptors (Lipinski definition) is 5. The average molecular weight is 381 g/mol. The van der Waals surface area contributed by atoms with Gasteiger partial charge in [-0.15, -0.1) is 5.92 Å². The summed E-state index contributed by atoms with van der Waals surface area (Å²) in [5, 5.41) is 11.6. The number of hydrogen-bond donors (Lipinski definition) is 2. The van der Waals surface area contributed by atoms with Gasteiger partial charge in [-0.25, -0.2) is 5.10 Å². The zero-order chi connectivity index (χ0) is 20.1. The molecule has 7 heteroatoms. The van der Waals surface area contributed by atoms with Crippen LogP contribution < -0.4 is 10.9 Å². The smallest absolute Gasteiger partial charge is 0.272 e. The van der Waals surface area contributed by atoms with Crippen LogP contribution in [-0.4, -0.2) is 65.7 Å². The van der Waals surface area contributed by atoms with Gasteiger partial charge in [-0.05, 0) is 39.1 Å². The molecule has 7 nitrogen and oxygen atoms in total. The topological polar surface area (TPSA) is 81.3 Å². The largest absolute Gasteiger partial charge is 0.340 e. The molecule has 1 aliphatic heterocycles. The lowest BCUT2D eigenvalue weighted by molar-refractivity contribution is -0.132. The first kappa shape index (κ1) is 20.1. The van der Waals surface area contributed by atoms with Crippen LogP contribution in [0.2, 0.25) is 0 Å². The van der Waals surface area contributed by atoms with Gasteiger partial charge in [0.15, 0.2) is 0 Å². The summed E-state index contributed by atoms with van der Waals surface area (Å²) in [7, 11) is 1.98. The summed E-state index contributed by atoms with van der Waals surface area (Å²) in [4.78, 5) is 28.6. The molecule has 2 heterocycles. The van der Waals surface area contributed by atoms with Crippen LogP contribution in [0, 0.1) is 11.8 Å². The lowest BCUT2D eigenvalue weighted by Gasteiger charge is -2.29. The van der Waals surface area contributed by atoms with Crippen molar-refractivity contribution in [2.45, 2.75) is 26.3 Å². The first-order valence-electron chi connectivity index (χ1n) is 9.65. The quantitative estimate of drug-likeness (QED) is 0.759. The second-order valence-electron chi connectivity index (χ2n) is 7.11. The van der Waals surface area contributed by atoms with Crippen molar-refractivity contribution >= 4 is 16.7 Å². The molecule has 0 bridgehead atoms. The van der Waals surface area contributed by atoms with Gasteiger partial charge >= 0.3 is 0 Å². The highest BCUT2D eigenvalue weighted by atomic mass is 16.2. The number of piperazine rings is 1. The molecule has 0 aliphatic carbocycles. The number of aromatic amines is 1. The molecule has 148 valence electrons. The van der Waals surface area contributed by atoms with E-state index in [-0.39, 0.29) is 17.5 Å². The maximum Gasteiger partial charge on any atom is 0.272 e. The number of aromatic nitrogens is 2. The maximum atomic E-state index is 12.4. The molecule has 3 rings (SSSR count). The first-order valence-corrected chi connectivity index (χ1v) is 9.65. The number of fused-ring (bicyclic) bond motifs is 1. The molecular formula is C21H27N5O2. The van der Waals surface area contributed by atoms with Gasteiger partial charge in [0.1, 0.15) is 0 Å². The Balaban J connectivity index is 1.77. The molecule has 1 aromatic heterocycles. The van der Waals surface area contributed by atoms with Crippen LogP contribution in [0.4, 0.5) is 0 Å². The third-order valence-corrected chi connectivity index (χ3v) is 5.29. The molecule has 1 saturated heterocycles. The van der Waals surface area contributed by atoms with Gasteiger partial charge < -0.3 is 10.2 Å². The minimum Gasteiger partial charge on any atom is -0.340 e. The van der Waals surface area contributed by atoms with Crippen molar-refractivity contribution in [2.24, 2.45) is 0 Å². The molecule has 1 fully saturated rings. The Bertz CT molecular complexity index is 966. The van der Waals surface area contributed by atoms with Gasteiger partial charge in [0.05, 0.1) is 17.1 Å². The van der Waals surface area contributed by atoms with Gasteiger partial charge in [0.2, 0.25) is 5.91 Å². The highest BCUT2D eigenvalue weighted by Crippen LogP contribution is 2.24. The van der Waals surface area contributed by atoms with Crippen molar-refractivity contribution in [3.63, 3.8) is 0 Å². The lowest BCUT2D eigenvalue weighted by atomic mass is 10.0. The summed E-state index contributed by atoms with van der Waals surface area (Å²) in [5.41, 5.74) is 1.43. The summed E-state index contributed by atoms with van der Waals surface area (Å²) < 4.78 is 0. The third-order valence-electron chi connectivity index (χ3n) is 5.29. The van der Waals surface area contributed by atoms with Crippen molar-refractivity contribution in [3.8, 4) is 11.8 Å². The number of rotatable bonds is 5. The van der Waals surface area contributed by atoms with E-state index in [1.54, 1.807) is 13.0 Å². The van der Waals surface area contributed by atoms with E-state index in [2.05, 4.69) is 32.3 Å². The van der Waals surface area contributed by atoms with Gasteiger partial charge in [-0.1, -0.05) is 5.92 Å². The zero-order valence-electron chi connectivity index (χ0n) is 16.7. The highest BCUT2D eigenvalue weighted by molar-refractivity contribution is 5.85. The second kappa shape index (κ2) is 9.00. The van der Waals surface area contributed by atoms with Crippen LogP contribution in [-0.2, 0) is 4.79 Å². The second-order valence-corrected chi connectivity index (χ2v) is 7.11. The molecule has 0 saturated carbocycles. The van der Waals surface area contributed by atoms with E-state index in [1.165, 1.54) is 0 Å². The maximum absolute atomic E-state index is 12.4. The number of nitrogens with one attached hydrogen (secondary N) is 2. The number of carbonyl (C=O) groups is 1. The molecule has 2 aromatic rings. The fourth-order valence-corrected chi connectivity index (χ4v) is 3.47. The molecule has 0 radical (unpaired) electrons. The summed E-state index contributed by atoms with van der Waals surface area (Å²) in [6.07, 6.45) is 0.467. The standard InChI is InChI=1S/C21H27N5O2/c1-4-5-16-6-7-17-18(14-16)20(23-24-21(17)28)15(2)25(3)11-8-19(27)26-12-9-22-10-13-26/h6-7,14-15,22H,8-13H2,1-3H3,(H,24,28). The van der Waals surface area contributed by atoms with Crippen LogP contribution in [0.3, 0.4) is 0 Å². The molecule has 0 spiro atoms. The SMILES string of the molecule is CC#Cc1ccc2c(=O)[nH]nc(C(C)N(C)CCC(=O)N3CCNCC3)c2c1. The lowest BCUT2D eigenvalue weighted by Crippen LogP contribution is -2.47. The zero-order valence-corrected chi connectivity index (χ0v) is 16.7. The number of benzene rings is 1. The summed E-state index contributed by atoms with van der Waals surface area (Å²) in [6, 6.07) is 5.50. The van der Waals surface area contributed by atoms with Gasteiger partial charge in [-0.2, -0.15) is 5.10 Å². The number of nitrogens with zero attached hydrogens (tertiary/aromatic N) is 3. The monoisotopic (exact) mass is 381 g/mol. The minimum atomic E-state index is -0.210. The molecule has 1 aromatic carbocycles. The summed E-state index contributed by atoms with van der Waals surface area (Å²) in [6.45, 7) is 7.70. The Kier molecular flexibility index (Phi) is 6.45. The highest BCUT2D eigenvalue weighted by Gasteiger charge is 2.21. The van der Waals surface area contributed by atoms with Gasteiger partial charge in [0, 0.05) is 50.1 Å². The fraction of sp³-hybridized carbons (Fsp3) is 0.476. The van der Waals surface area contributed by atoms with Crippen molar-refractivity contribution in [1.29, 1.82) is 0 Å². The Labute approximate surface area is 165 Å². The normalized spacial score (nSPS) is 15.4. The Morgan fingerprint density at radius 1 is 1.32 bits per heavy atom. The Morgan fingerprint density at radius 2 is 2.07 bits per heavy atom. The minimum absolute atomic E-state index is 0.0555. The van der Waals surface area contributed by atoms with E-state index >= 15 is 0 Å². The van der Waals surface area contributed by atoms with Crippen LogP contribution in [0.5, 0.6) is 0 Å². The molecule has 1 aliphatic rings. The third kappa shape index (κ3) is 4.41. The van der Waals surface area contributed by atoms with E-state index < -0.39 is 0 Å². The first-order chi connectivity index (χ1) is 13.5. The Hall–Kier alpha value is -2.69. The van der Waals surface area contributed by atoms with Gasteiger partial charge in [0.25, 0.3) is 5.56 Å². The molecule has 28 heavy (non-hydrogen) atoms. The molecule has 2 N–H and O–H groups in total. The van der Waals surface area contributed by atoms with Crippen molar-refractivity contribution in [2.75, 3.05) is 39.8 Å². The van der Waals surface area contributed by atoms with Crippen molar-refractivity contribution in [3.05, 3.63) is 39.8 Å². The van der Waals surface area contributed by atoms with E-state index in [9.17, 15) is 9.59 Å². The molecule has 1 amide bonds. The summed E-state index contributed by atoms with van der Waals surface area (Å²) >= 11 is 0. The number of H-pyrrole nitrogens is 1. The van der Waals surface area contributed by atoms with Crippen LogP contribution in [0.1, 0.15) is 37.6 Å². The van der Waals surface area contributed by atoms with E-state index in [1.807, 2.05) is 31.0 Å². The average Bonchev–Trinajstić information content (AvgIpc) is 2.72. The Morgan fingerprint density at radius 3 is 2.79 bits per heavy atom. The van der Waals surface area contributed by atoms with E-state index in [4.69, 9.17) is 0 Å². The number of carbonyl (C=O) groups excluding carboxylic acids is 1. The molecule has 1 atom stereocenters. The van der Waals surface area contributed by atoms with Crippen molar-refractivity contribution in [1.82, 2.24) is 25.3 Å². The number of amides is 1.